The van der Waals surface area contributed by atoms with Crippen LogP contribution in [0.3, 0.4) is 0 Å². The minimum atomic E-state index is -4.52. The van der Waals surface area contributed by atoms with E-state index in [0.29, 0.717) is 5.69 Å². The molecule has 106 valence electrons. The number of amides is 1. The van der Waals surface area contributed by atoms with E-state index in [0.717, 1.165) is 21.4 Å². The molecule has 1 aromatic heterocycles. The van der Waals surface area contributed by atoms with Gasteiger partial charge in [0, 0.05) is 15.4 Å². The molecule has 0 radical (unpaired) electrons. The highest BCUT2D eigenvalue weighted by Gasteiger charge is 2.31. The molecule has 0 unspecified atom stereocenters. The number of rotatable bonds is 3. The molecular formula is C12H8BrF3N2OS. The molecule has 1 N–H and O–H groups in total. The van der Waals surface area contributed by atoms with Crippen LogP contribution in [0.5, 0.6) is 0 Å². The van der Waals surface area contributed by atoms with Crippen LogP contribution in [0.1, 0.15) is 6.42 Å². The number of anilines is 1. The SMILES string of the molecule is O=C(CC(F)(F)F)Nc1nc(-c2cccc(Br)c2)cs1. The summed E-state index contributed by atoms with van der Waals surface area (Å²) in [6.45, 7) is 0. The molecule has 2 aromatic rings. The van der Waals surface area contributed by atoms with Gasteiger partial charge in [-0.2, -0.15) is 13.2 Å². The lowest BCUT2D eigenvalue weighted by molar-refractivity contribution is -0.150. The summed E-state index contributed by atoms with van der Waals surface area (Å²) in [5, 5.41) is 3.96. The van der Waals surface area contributed by atoms with E-state index in [1.54, 1.807) is 5.38 Å². The van der Waals surface area contributed by atoms with Gasteiger partial charge in [-0.15, -0.1) is 11.3 Å². The largest absolute Gasteiger partial charge is 0.397 e. The Hall–Kier alpha value is -1.41. The van der Waals surface area contributed by atoms with Crippen molar-refractivity contribution in [1.82, 2.24) is 4.98 Å². The van der Waals surface area contributed by atoms with Crippen molar-refractivity contribution in [2.24, 2.45) is 0 Å². The average Bonchev–Trinajstić information content (AvgIpc) is 2.74. The van der Waals surface area contributed by atoms with Gasteiger partial charge in [-0.05, 0) is 12.1 Å². The predicted octanol–water partition coefficient (Wildman–Crippen LogP) is 4.46. The van der Waals surface area contributed by atoms with Crippen molar-refractivity contribution < 1.29 is 18.0 Å². The molecule has 20 heavy (non-hydrogen) atoms. The van der Waals surface area contributed by atoms with E-state index in [1.165, 1.54) is 0 Å². The third-order valence-electron chi connectivity index (χ3n) is 2.23. The second-order valence-corrected chi connectivity index (χ2v) is 5.66. The minimum Gasteiger partial charge on any atom is -0.302 e. The molecule has 2 rings (SSSR count). The van der Waals surface area contributed by atoms with Crippen molar-refractivity contribution in [2.45, 2.75) is 12.6 Å². The Kier molecular flexibility index (Phi) is 4.44. The number of nitrogens with one attached hydrogen (secondary N) is 1. The predicted molar refractivity (Wildman–Crippen MR) is 74.6 cm³/mol. The van der Waals surface area contributed by atoms with E-state index in [4.69, 9.17) is 0 Å². The van der Waals surface area contributed by atoms with Crippen molar-refractivity contribution in [3.05, 3.63) is 34.1 Å². The molecule has 0 aliphatic carbocycles. The topological polar surface area (TPSA) is 42.0 Å². The lowest BCUT2D eigenvalue weighted by Crippen LogP contribution is -2.21. The summed E-state index contributed by atoms with van der Waals surface area (Å²) in [6.07, 6.45) is -6.03. The second-order valence-electron chi connectivity index (χ2n) is 3.89. The molecular weight excluding hydrogens is 357 g/mol. The monoisotopic (exact) mass is 364 g/mol. The van der Waals surface area contributed by atoms with E-state index in [2.05, 4.69) is 26.2 Å². The number of hydrogen-bond donors (Lipinski definition) is 1. The van der Waals surface area contributed by atoms with Gasteiger partial charge in [0.2, 0.25) is 5.91 Å². The first-order valence-corrected chi connectivity index (χ1v) is 7.09. The summed E-state index contributed by atoms with van der Waals surface area (Å²) in [4.78, 5) is 15.2. The number of benzene rings is 1. The molecule has 0 aliphatic heterocycles. The number of nitrogens with zero attached hydrogens (tertiary/aromatic N) is 1. The highest BCUT2D eigenvalue weighted by atomic mass is 79.9. The molecule has 0 saturated heterocycles. The Morgan fingerprint density at radius 1 is 1.40 bits per heavy atom. The van der Waals surface area contributed by atoms with Gasteiger partial charge in [-0.1, -0.05) is 28.1 Å². The lowest BCUT2D eigenvalue weighted by atomic mass is 10.2. The summed E-state index contributed by atoms with van der Waals surface area (Å²) in [5.74, 6) is -1.12. The Bertz CT molecular complexity index is 627. The van der Waals surface area contributed by atoms with Crippen LogP contribution in [0.15, 0.2) is 34.1 Å². The fourth-order valence-corrected chi connectivity index (χ4v) is 2.59. The maximum absolute atomic E-state index is 12.0. The standard InChI is InChI=1S/C12H8BrF3N2OS/c13-8-3-1-2-7(4-8)9-6-20-11(17-9)18-10(19)5-12(14,15)16/h1-4,6H,5H2,(H,17,18,19). The van der Waals surface area contributed by atoms with Crippen molar-refractivity contribution in [1.29, 1.82) is 0 Å². The van der Waals surface area contributed by atoms with Gasteiger partial charge >= 0.3 is 6.18 Å². The molecule has 1 heterocycles. The quantitative estimate of drug-likeness (QED) is 0.873. The first-order chi connectivity index (χ1) is 9.33. The molecule has 0 bridgehead atoms. The minimum absolute atomic E-state index is 0.147. The number of halogens is 4. The Morgan fingerprint density at radius 3 is 2.80 bits per heavy atom. The van der Waals surface area contributed by atoms with Gasteiger partial charge < -0.3 is 5.32 Å². The van der Waals surface area contributed by atoms with Crippen molar-refractivity contribution >= 4 is 38.3 Å². The number of thiazole rings is 1. The zero-order valence-corrected chi connectivity index (χ0v) is 12.3. The fraction of sp³-hybridized carbons (Fsp3) is 0.167. The van der Waals surface area contributed by atoms with Crippen LogP contribution in [0.2, 0.25) is 0 Å². The van der Waals surface area contributed by atoms with Gasteiger partial charge in [0.1, 0.15) is 6.42 Å². The highest BCUT2D eigenvalue weighted by Crippen LogP contribution is 2.27. The maximum Gasteiger partial charge on any atom is 0.397 e. The molecule has 0 aliphatic rings. The molecule has 0 saturated carbocycles. The fourth-order valence-electron chi connectivity index (χ4n) is 1.46. The van der Waals surface area contributed by atoms with E-state index < -0.39 is 18.5 Å². The molecule has 3 nitrogen and oxygen atoms in total. The van der Waals surface area contributed by atoms with Gasteiger partial charge in [0.25, 0.3) is 0 Å². The van der Waals surface area contributed by atoms with Gasteiger partial charge in [0.05, 0.1) is 5.69 Å². The molecule has 0 fully saturated rings. The maximum atomic E-state index is 12.0. The summed E-state index contributed by atoms with van der Waals surface area (Å²) >= 11 is 4.40. The number of aromatic nitrogens is 1. The van der Waals surface area contributed by atoms with E-state index in [9.17, 15) is 18.0 Å². The van der Waals surface area contributed by atoms with Crippen molar-refractivity contribution in [3.8, 4) is 11.3 Å². The summed E-state index contributed by atoms with van der Waals surface area (Å²) in [5.41, 5.74) is 1.41. The number of carbonyl (C=O) groups is 1. The van der Waals surface area contributed by atoms with Gasteiger partial charge in [-0.25, -0.2) is 4.98 Å². The van der Waals surface area contributed by atoms with Crippen LogP contribution in [0.4, 0.5) is 18.3 Å². The first-order valence-electron chi connectivity index (χ1n) is 5.41. The van der Waals surface area contributed by atoms with Crippen LogP contribution in [-0.4, -0.2) is 17.1 Å². The first kappa shape index (κ1) is 15.0. The van der Waals surface area contributed by atoms with E-state index >= 15 is 0 Å². The third kappa shape index (κ3) is 4.31. The number of alkyl halides is 3. The van der Waals surface area contributed by atoms with Crippen LogP contribution < -0.4 is 5.32 Å². The van der Waals surface area contributed by atoms with Crippen LogP contribution >= 0.6 is 27.3 Å². The molecule has 1 amide bonds. The number of hydrogen-bond acceptors (Lipinski definition) is 3. The normalized spacial score (nSPS) is 11.4. The molecule has 1 aromatic carbocycles. The van der Waals surface area contributed by atoms with Crippen LogP contribution in [0.25, 0.3) is 11.3 Å². The van der Waals surface area contributed by atoms with Crippen molar-refractivity contribution in [3.63, 3.8) is 0 Å². The summed E-state index contributed by atoms with van der Waals surface area (Å²) in [7, 11) is 0. The average molecular weight is 365 g/mol. The van der Waals surface area contributed by atoms with Crippen molar-refractivity contribution in [2.75, 3.05) is 5.32 Å². The summed E-state index contributed by atoms with van der Waals surface area (Å²) < 4.78 is 37.0. The second kappa shape index (κ2) is 5.92. The number of carbonyl (C=O) groups excluding carboxylic acids is 1. The third-order valence-corrected chi connectivity index (χ3v) is 3.48. The van der Waals surface area contributed by atoms with E-state index in [1.807, 2.05) is 24.3 Å². The smallest absolute Gasteiger partial charge is 0.302 e. The van der Waals surface area contributed by atoms with Crippen LogP contribution in [-0.2, 0) is 4.79 Å². The molecule has 0 atom stereocenters. The lowest BCUT2D eigenvalue weighted by Gasteiger charge is -2.04. The molecule has 0 spiro atoms. The van der Waals surface area contributed by atoms with Gasteiger partial charge in [0.15, 0.2) is 5.13 Å². The zero-order valence-electron chi connectivity index (χ0n) is 9.87. The Morgan fingerprint density at radius 2 is 2.15 bits per heavy atom. The highest BCUT2D eigenvalue weighted by molar-refractivity contribution is 9.10. The molecule has 8 heteroatoms. The Balaban J connectivity index is 2.08. The Labute approximate surface area is 125 Å². The van der Waals surface area contributed by atoms with E-state index in [-0.39, 0.29) is 5.13 Å². The zero-order chi connectivity index (χ0) is 14.8. The van der Waals surface area contributed by atoms with Gasteiger partial charge in [-0.3, -0.25) is 4.79 Å². The summed E-state index contributed by atoms with van der Waals surface area (Å²) in [6, 6.07) is 7.32. The van der Waals surface area contributed by atoms with Crippen LogP contribution in [0, 0.1) is 0 Å².